The second-order valence-corrected chi connectivity index (χ2v) is 3.71. The van der Waals surface area contributed by atoms with Crippen molar-refractivity contribution in [2.24, 2.45) is 0 Å². The van der Waals surface area contributed by atoms with Crippen molar-refractivity contribution in [2.45, 2.75) is 33.1 Å². The highest BCUT2D eigenvalue weighted by atomic mass is 16.3. The Balaban J connectivity index is 3.13. The average Bonchev–Trinajstić information content (AvgIpc) is 2.17. The Kier molecular flexibility index (Phi) is 3.28. The Morgan fingerprint density at radius 1 is 1.43 bits per heavy atom. The minimum absolute atomic E-state index is 0.118. The largest absolute Gasteiger partial charge is 0.508 e. The van der Waals surface area contributed by atoms with Crippen LogP contribution in [0.5, 0.6) is 5.75 Å². The van der Waals surface area contributed by atoms with E-state index in [1.54, 1.807) is 18.2 Å². The molecule has 0 aliphatic rings. The number of phenols is 1. The Morgan fingerprint density at radius 2 is 2.07 bits per heavy atom. The van der Waals surface area contributed by atoms with Gasteiger partial charge in [-0.05, 0) is 29.7 Å². The number of benzene rings is 1. The van der Waals surface area contributed by atoms with Crippen molar-refractivity contribution in [3.05, 3.63) is 29.3 Å². The fourth-order valence-electron chi connectivity index (χ4n) is 1.39. The highest BCUT2D eigenvalue weighted by Gasteiger charge is 2.09. The van der Waals surface area contributed by atoms with Crippen molar-refractivity contribution in [2.75, 3.05) is 0 Å². The molecule has 0 bridgehead atoms. The van der Waals surface area contributed by atoms with E-state index in [0.29, 0.717) is 12.0 Å². The number of carbonyl (C=O) groups is 1. The summed E-state index contributed by atoms with van der Waals surface area (Å²) in [6.07, 6.45) is 0.502. The third-order valence-electron chi connectivity index (χ3n) is 2.29. The number of aromatic hydroxyl groups is 1. The quantitative estimate of drug-likeness (QED) is 0.747. The van der Waals surface area contributed by atoms with Crippen LogP contribution >= 0.6 is 0 Å². The summed E-state index contributed by atoms with van der Waals surface area (Å²) in [6, 6.07) is 5.05. The van der Waals surface area contributed by atoms with Crippen molar-refractivity contribution in [1.29, 1.82) is 0 Å². The van der Waals surface area contributed by atoms with Crippen LogP contribution in [0.1, 0.15) is 49.0 Å². The van der Waals surface area contributed by atoms with Crippen molar-refractivity contribution in [3.8, 4) is 5.75 Å². The van der Waals surface area contributed by atoms with Crippen LogP contribution in [0.3, 0.4) is 0 Å². The predicted molar refractivity (Wildman–Crippen MR) is 56.8 cm³/mol. The summed E-state index contributed by atoms with van der Waals surface area (Å²) in [5.41, 5.74) is 1.53. The Bertz CT molecular complexity index is 340. The summed E-state index contributed by atoms with van der Waals surface area (Å²) in [5.74, 6) is 0.624. The van der Waals surface area contributed by atoms with E-state index >= 15 is 0 Å². The number of ketones is 1. The monoisotopic (exact) mass is 192 g/mol. The molecule has 0 spiro atoms. The third-order valence-corrected chi connectivity index (χ3v) is 2.29. The van der Waals surface area contributed by atoms with Gasteiger partial charge < -0.3 is 5.11 Å². The molecule has 1 rings (SSSR count). The highest BCUT2D eigenvalue weighted by molar-refractivity contribution is 5.96. The van der Waals surface area contributed by atoms with Gasteiger partial charge in [0.15, 0.2) is 5.78 Å². The molecular formula is C12H16O2. The van der Waals surface area contributed by atoms with E-state index in [1.807, 2.05) is 20.8 Å². The summed E-state index contributed by atoms with van der Waals surface area (Å²) in [6.45, 7) is 5.83. The Labute approximate surface area is 84.6 Å². The smallest absolute Gasteiger partial charge is 0.162 e. The van der Waals surface area contributed by atoms with Gasteiger partial charge in [0.25, 0.3) is 0 Å². The van der Waals surface area contributed by atoms with Gasteiger partial charge >= 0.3 is 0 Å². The Hall–Kier alpha value is -1.31. The maximum atomic E-state index is 11.4. The van der Waals surface area contributed by atoms with Crippen LogP contribution in [0.25, 0.3) is 0 Å². The van der Waals surface area contributed by atoms with Crippen molar-refractivity contribution < 1.29 is 9.90 Å². The molecule has 0 aliphatic heterocycles. The lowest BCUT2D eigenvalue weighted by Gasteiger charge is -2.09. The SMILES string of the molecule is CCC(=O)c1ccc(O)c(C(C)C)c1. The van der Waals surface area contributed by atoms with Crippen molar-refractivity contribution in [1.82, 2.24) is 0 Å². The van der Waals surface area contributed by atoms with E-state index in [0.717, 1.165) is 5.56 Å². The second kappa shape index (κ2) is 4.27. The van der Waals surface area contributed by atoms with Gasteiger partial charge in [0.2, 0.25) is 0 Å². The molecule has 2 nitrogen and oxygen atoms in total. The summed E-state index contributed by atoms with van der Waals surface area (Å²) in [4.78, 5) is 11.4. The minimum atomic E-state index is 0.118. The first-order chi connectivity index (χ1) is 6.56. The van der Waals surface area contributed by atoms with Crippen LogP contribution in [-0.4, -0.2) is 10.9 Å². The van der Waals surface area contributed by atoms with Gasteiger partial charge in [0.05, 0.1) is 0 Å². The number of hydrogen-bond acceptors (Lipinski definition) is 2. The predicted octanol–water partition coefficient (Wildman–Crippen LogP) is 3.11. The molecule has 0 unspecified atom stereocenters. The summed E-state index contributed by atoms with van der Waals surface area (Å²) in [7, 11) is 0. The van der Waals surface area contributed by atoms with Gasteiger partial charge in [0.1, 0.15) is 5.75 Å². The molecule has 2 heteroatoms. The van der Waals surface area contributed by atoms with E-state index in [-0.39, 0.29) is 17.5 Å². The van der Waals surface area contributed by atoms with Crippen LogP contribution in [0.15, 0.2) is 18.2 Å². The van der Waals surface area contributed by atoms with Gasteiger partial charge in [-0.2, -0.15) is 0 Å². The van der Waals surface area contributed by atoms with Crippen LogP contribution in [-0.2, 0) is 0 Å². The molecule has 0 aliphatic carbocycles. The van der Waals surface area contributed by atoms with E-state index in [9.17, 15) is 9.90 Å². The van der Waals surface area contributed by atoms with Crippen LogP contribution in [0.2, 0.25) is 0 Å². The van der Waals surface area contributed by atoms with E-state index in [4.69, 9.17) is 0 Å². The summed E-state index contributed by atoms with van der Waals surface area (Å²) in [5, 5.41) is 9.55. The van der Waals surface area contributed by atoms with Crippen molar-refractivity contribution >= 4 is 5.78 Å². The maximum Gasteiger partial charge on any atom is 0.162 e. The van der Waals surface area contributed by atoms with E-state index in [1.165, 1.54) is 0 Å². The second-order valence-electron chi connectivity index (χ2n) is 3.71. The zero-order valence-electron chi connectivity index (χ0n) is 8.87. The average molecular weight is 192 g/mol. The zero-order chi connectivity index (χ0) is 10.7. The molecule has 0 atom stereocenters. The lowest BCUT2D eigenvalue weighted by Crippen LogP contribution is -1.98. The van der Waals surface area contributed by atoms with Gasteiger partial charge in [-0.1, -0.05) is 20.8 Å². The molecular weight excluding hydrogens is 176 g/mol. The fraction of sp³-hybridized carbons (Fsp3) is 0.417. The van der Waals surface area contributed by atoms with Gasteiger partial charge in [-0.15, -0.1) is 0 Å². The highest BCUT2D eigenvalue weighted by Crippen LogP contribution is 2.26. The first-order valence-corrected chi connectivity index (χ1v) is 4.92. The van der Waals surface area contributed by atoms with Gasteiger partial charge in [-0.25, -0.2) is 0 Å². The lowest BCUT2D eigenvalue weighted by molar-refractivity contribution is 0.0988. The number of Topliss-reactive ketones (excluding diaryl/α,β-unsaturated/α-hetero) is 1. The van der Waals surface area contributed by atoms with E-state index < -0.39 is 0 Å². The number of phenolic OH excluding ortho intramolecular Hbond substituents is 1. The molecule has 1 aromatic carbocycles. The van der Waals surface area contributed by atoms with Crippen molar-refractivity contribution in [3.63, 3.8) is 0 Å². The topological polar surface area (TPSA) is 37.3 Å². The van der Waals surface area contributed by atoms with Crippen LogP contribution in [0, 0.1) is 0 Å². The molecule has 0 fully saturated rings. The van der Waals surface area contributed by atoms with Crippen LogP contribution in [0.4, 0.5) is 0 Å². The normalized spacial score (nSPS) is 10.6. The first-order valence-electron chi connectivity index (χ1n) is 4.92. The van der Waals surface area contributed by atoms with Crippen LogP contribution < -0.4 is 0 Å². The molecule has 76 valence electrons. The molecule has 1 N–H and O–H groups in total. The molecule has 0 aromatic heterocycles. The molecule has 14 heavy (non-hydrogen) atoms. The van der Waals surface area contributed by atoms with Gasteiger partial charge in [-0.3, -0.25) is 4.79 Å². The maximum absolute atomic E-state index is 11.4. The van der Waals surface area contributed by atoms with E-state index in [2.05, 4.69) is 0 Å². The molecule has 0 heterocycles. The number of hydrogen-bond donors (Lipinski definition) is 1. The Morgan fingerprint density at radius 3 is 2.57 bits per heavy atom. The zero-order valence-corrected chi connectivity index (χ0v) is 8.87. The fourth-order valence-corrected chi connectivity index (χ4v) is 1.39. The van der Waals surface area contributed by atoms with Gasteiger partial charge in [0, 0.05) is 12.0 Å². The summed E-state index contributed by atoms with van der Waals surface area (Å²) >= 11 is 0. The molecule has 0 saturated heterocycles. The molecule has 0 saturated carbocycles. The molecule has 0 radical (unpaired) electrons. The lowest BCUT2D eigenvalue weighted by atomic mass is 9.97. The number of rotatable bonds is 3. The minimum Gasteiger partial charge on any atom is -0.508 e. The standard InChI is InChI=1S/C12H16O2/c1-4-11(13)9-5-6-12(14)10(7-9)8(2)3/h5-8,14H,4H2,1-3H3. The first kappa shape index (κ1) is 10.8. The molecule has 1 aromatic rings. The molecule has 0 amide bonds. The third kappa shape index (κ3) is 2.13. The summed E-state index contributed by atoms with van der Waals surface area (Å²) < 4.78 is 0. The number of carbonyl (C=O) groups excluding carboxylic acids is 1.